The molecule has 0 radical (unpaired) electrons. The molecule has 0 saturated carbocycles. The second kappa shape index (κ2) is 9.87. The number of hydrogen-bond acceptors (Lipinski definition) is 1. The molecular formula is C17H26O. The van der Waals surface area contributed by atoms with Crippen molar-refractivity contribution < 1.29 is 4.79 Å². The molecule has 0 bridgehead atoms. The van der Waals surface area contributed by atoms with Crippen molar-refractivity contribution in [2.24, 2.45) is 0 Å². The van der Waals surface area contributed by atoms with E-state index in [1.165, 1.54) is 24.8 Å². The van der Waals surface area contributed by atoms with E-state index in [9.17, 15) is 4.79 Å². The van der Waals surface area contributed by atoms with E-state index in [-0.39, 0.29) is 0 Å². The minimum absolute atomic E-state index is 0.458. The molecule has 0 aliphatic heterocycles. The van der Waals surface area contributed by atoms with Crippen molar-refractivity contribution in [2.75, 3.05) is 0 Å². The fourth-order valence-corrected chi connectivity index (χ4v) is 2.17. The first-order valence-corrected chi connectivity index (χ1v) is 7.38. The molecule has 18 heavy (non-hydrogen) atoms. The molecule has 0 N–H and O–H groups in total. The monoisotopic (exact) mass is 246 g/mol. The van der Waals surface area contributed by atoms with Crippen molar-refractivity contribution in [3.05, 3.63) is 35.9 Å². The van der Waals surface area contributed by atoms with Crippen LogP contribution in [-0.2, 0) is 11.2 Å². The van der Waals surface area contributed by atoms with Crippen LogP contribution in [0.1, 0.15) is 63.9 Å². The highest BCUT2D eigenvalue weighted by Crippen LogP contribution is 2.09. The van der Waals surface area contributed by atoms with E-state index in [4.69, 9.17) is 0 Å². The molecule has 1 rings (SSSR count). The third-order valence-corrected chi connectivity index (χ3v) is 3.32. The number of Topliss-reactive ketones (excluding diaryl/α,β-unsaturated/α-hetero) is 1. The zero-order valence-corrected chi connectivity index (χ0v) is 11.7. The van der Waals surface area contributed by atoms with Gasteiger partial charge >= 0.3 is 0 Å². The van der Waals surface area contributed by atoms with Gasteiger partial charge in [0, 0.05) is 12.8 Å². The molecule has 0 aromatic heterocycles. The van der Waals surface area contributed by atoms with Crippen molar-refractivity contribution in [2.45, 2.75) is 64.7 Å². The van der Waals surface area contributed by atoms with Gasteiger partial charge in [0.2, 0.25) is 0 Å². The van der Waals surface area contributed by atoms with E-state index in [2.05, 4.69) is 31.2 Å². The molecule has 0 amide bonds. The Kier molecular flexibility index (Phi) is 8.20. The second-order valence-electron chi connectivity index (χ2n) is 5.04. The van der Waals surface area contributed by atoms with E-state index in [0.29, 0.717) is 5.78 Å². The minimum Gasteiger partial charge on any atom is -0.300 e. The van der Waals surface area contributed by atoms with Crippen molar-refractivity contribution in [3.8, 4) is 0 Å². The summed E-state index contributed by atoms with van der Waals surface area (Å²) in [4.78, 5) is 11.6. The van der Waals surface area contributed by atoms with Crippen LogP contribution in [0.5, 0.6) is 0 Å². The van der Waals surface area contributed by atoms with Gasteiger partial charge < -0.3 is 0 Å². The standard InChI is InChI=1S/C17H26O/c1-2-3-4-8-14-17(18)15-10-9-13-16-11-6-5-7-12-16/h5-7,11-12H,2-4,8-10,13-15H2,1H3. The summed E-state index contributed by atoms with van der Waals surface area (Å²) in [6.45, 7) is 2.20. The molecule has 0 fully saturated rings. The number of aryl methyl sites for hydroxylation is 1. The van der Waals surface area contributed by atoms with Crippen LogP contribution >= 0.6 is 0 Å². The summed E-state index contributed by atoms with van der Waals surface area (Å²) in [6.07, 6.45) is 9.66. The molecule has 0 atom stereocenters. The molecule has 1 aromatic rings. The van der Waals surface area contributed by atoms with Gasteiger partial charge in [-0.25, -0.2) is 0 Å². The van der Waals surface area contributed by atoms with Gasteiger partial charge in [0.1, 0.15) is 5.78 Å². The number of carbonyl (C=O) groups is 1. The predicted octanol–water partition coefficient (Wildman–Crippen LogP) is 4.94. The molecule has 0 aliphatic rings. The fraction of sp³-hybridized carbons (Fsp3) is 0.588. The van der Waals surface area contributed by atoms with Crippen LogP contribution in [-0.4, -0.2) is 5.78 Å². The number of ketones is 1. The Morgan fingerprint density at radius 1 is 0.889 bits per heavy atom. The van der Waals surface area contributed by atoms with Crippen LogP contribution in [0, 0.1) is 0 Å². The van der Waals surface area contributed by atoms with Gasteiger partial charge in [-0.2, -0.15) is 0 Å². The molecule has 100 valence electrons. The summed E-state index contributed by atoms with van der Waals surface area (Å²) < 4.78 is 0. The maximum atomic E-state index is 11.6. The molecule has 0 saturated heterocycles. The van der Waals surface area contributed by atoms with E-state index in [0.717, 1.165) is 38.5 Å². The van der Waals surface area contributed by atoms with Gasteiger partial charge in [0.25, 0.3) is 0 Å². The average molecular weight is 246 g/mol. The van der Waals surface area contributed by atoms with Gasteiger partial charge in [0.15, 0.2) is 0 Å². The average Bonchev–Trinajstić information content (AvgIpc) is 2.41. The van der Waals surface area contributed by atoms with Crippen molar-refractivity contribution >= 4 is 5.78 Å². The van der Waals surface area contributed by atoms with E-state index >= 15 is 0 Å². The number of rotatable bonds is 10. The van der Waals surface area contributed by atoms with E-state index in [1.54, 1.807) is 0 Å². The number of carbonyl (C=O) groups excluding carboxylic acids is 1. The lowest BCUT2D eigenvalue weighted by Crippen LogP contribution is -1.98. The van der Waals surface area contributed by atoms with E-state index < -0.39 is 0 Å². The Labute approximate surface area is 112 Å². The summed E-state index contributed by atoms with van der Waals surface area (Å²) in [5, 5.41) is 0. The van der Waals surface area contributed by atoms with Gasteiger partial charge in [-0.15, -0.1) is 0 Å². The van der Waals surface area contributed by atoms with Crippen LogP contribution in [0.4, 0.5) is 0 Å². The van der Waals surface area contributed by atoms with Crippen LogP contribution in [0.2, 0.25) is 0 Å². The van der Waals surface area contributed by atoms with Gasteiger partial charge in [-0.05, 0) is 31.2 Å². The van der Waals surface area contributed by atoms with Crippen LogP contribution in [0.15, 0.2) is 30.3 Å². The molecular weight excluding hydrogens is 220 g/mol. The Morgan fingerprint density at radius 3 is 2.22 bits per heavy atom. The highest BCUT2D eigenvalue weighted by atomic mass is 16.1. The van der Waals surface area contributed by atoms with Crippen molar-refractivity contribution in [1.29, 1.82) is 0 Å². The third kappa shape index (κ3) is 7.26. The first kappa shape index (κ1) is 14.9. The lowest BCUT2D eigenvalue weighted by Gasteiger charge is -2.02. The largest absolute Gasteiger partial charge is 0.300 e. The Bertz CT molecular complexity index is 316. The maximum absolute atomic E-state index is 11.6. The number of unbranched alkanes of at least 4 members (excludes halogenated alkanes) is 4. The molecule has 0 heterocycles. The topological polar surface area (TPSA) is 17.1 Å². The van der Waals surface area contributed by atoms with Crippen LogP contribution < -0.4 is 0 Å². The van der Waals surface area contributed by atoms with Crippen molar-refractivity contribution in [1.82, 2.24) is 0 Å². The molecule has 1 heteroatoms. The lowest BCUT2D eigenvalue weighted by atomic mass is 10.0. The Hall–Kier alpha value is -1.11. The number of hydrogen-bond donors (Lipinski definition) is 0. The van der Waals surface area contributed by atoms with Gasteiger partial charge in [0.05, 0.1) is 0 Å². The number of benzene rings is 1. The maximum Gasteiger partial charge on any atom is 0.132 e. The summed E-state index contributed by atoms with van der Waals surface area (Å²) in [7, 11) is 0. The smallest absolute Gasteiger partial charge is 0.132 e. The normalized spacial score (nSPS) is 10.5. The van der Waals surface area contributed by atoms with Crippen LogP contribution in [0.3, 0.4) is 0 Å². The quantitative estimate of drug-likeness (QED) is 0.534. The molecule has 0 unspecified atom stereocenters. The summed E-state index contributed by atoms with van der Waals surface area (Å²) in [5.41, 5.74) is 1.38. The van der Waals surface area contributed by atoms with E-state index in [1.807, 2.05) is 6.07 Å². The summed E-state index contributed by atoms with van der Waals surface area (Å²) in [5.74, 6) is 0.458. The molecule has 1 nitrogen and oxygen atoms in total. The predicted molar refractivity (Wildman–Crippen MR) is 77.8 cm³/mol. The lowest BCUT2D eigenvalue weighted by molar-refractivity contribution is -0.119. The minimum atomic E-state index is 0.458. The second-order valence-corrected chi connectivity index (χ2v) is 5.04. The first-order valence-electron chi connectivity index (χ1n) is 7.38. The van der Waals surface area contributed by atoms with Gasteiger partial charge in [-0.1, -0.05) is 56.5 Å². The Morgan fingerprint density at radius 2 is 1.56 bits per heavy atom. The molecule has 0 spiro atoms. The van der Waals surface area contributed by atoms with Gasteiger partial charge in [-0.3, -0.25) is 4.79 Å². The fourth-order valence-electron chi connectivity index (χ4n) is 2.17. The first-order chi connectivity index (χ1) is 8.83. The zero-order chi connectivity index (χ0) is 13.1. The summed E-state index contributed by atoms with van der Waals surface area (Å²) >= 11 is 0. The SMILES string of the molecule is CCCCCCC(=O)CCCCc1ccccc1. The summed E-state index contributed by atoms with van der Waals surface area (Å²) in [6, 6.07) is 10.5. The van der Waals surface area contributed by atoms with Crippen molar-refractivity contribution in [3.63, 3.8) is 0 Å². The van der Waals surface area contributed by atoms with Crippen LogP contribution in [0.25, 0.3) is 0 Å². The molecule has 1 aromatic carbocycles. The Balaban J connectivity index is 1.99. The highest BCUT2D eigenvalue weighted by Gasteiger charge is 2.01. The molecule has 0 aliphatic carbocycles. The zero-order valence-electron chi connectivity index (χ0n) is 11.7. The third-order valence-electron chi connectivity index (χ3n) is 3.32. The highest BCUT2D eigenvalue weighted by molar-refractivity contribution is 5.78.